The Balaban J connectivity index is 2.28. The molecule has 0 aliphatic carbocycles. The maximum atomic E-state index is 2.41. The third-order valence-corrected chi connectivity index (χ3v) is 3.84. The summed E-state index contributed by atoms with van der Waals surface area (Å²) in [5, 5.41) is 0. The summed E-state index contributed by atoms with van der Waals surface area (Å²) in [5.41, 5.74) is 2.74. The van der Waals surface area contributed by atoms with Crippen molar-refractivity contribution in [2.24, 2.45) is 0 Å². The topological polar surface area (TPSA) is 0 Å². The number of para-hydroxylation sites is 1. The van der Waals surface area contributed by atoms with Gasteiger partial charge in [-0.2, -0.15) is 0 Å². The van der Waals surface area contributed by atoms with E-state index in [0.717, 1.165) is 11.0 Å². The zero-order chi connectivity index (χ0) is 12.3. The van der Waals surface area contributed by atoms with Crippen LogP contribution in [0.25, 0.3) is 0 Å². The van der Waals surface area contributed by atoms with Crippen LogP contribution in [0.1, 0.15) is 5.56 Å². The van der Waals surface area contributed by atoms with E-state index in [-0.39, 0.29) is 0 Å². The summed E-state index contributed by atoms with van der Waals surface area (Å²) in [5.74, 6) is 0. The smallest absolute Gasteiger partial charge is 0.146 e. The van der Waals surface area contributed by atoms with E-state index < -0.39 is 0 Å². The molecule has 2 aromatic carbocycles. The van der Waals surface area contributed by atoms with Gasteiger partial charge in [0.15, 0.2) is 0 Å². The molecule has 0 fully saturated rings. The average Bonchev–Trinajstić information content (AvgIpc) is 2.30. The summed E-state index contributed by atoms with van der Waals surface area (Å²) >= 11 is 2.41. The van der Waals surface area contributed by atoms with Crippen molar-refractivity contribution in [3.63, 3.8) is 0 Å². The fourth-order valence-corrected chi connectivity index (χ4v) is 3.11. The van der Waals surface area contributed by atoms with Crippen molar-refractivity contribution >= 4 is 28.3 Å². The van der Waals surface area contributed by atoms with Crippen LogP contribution in [0.15, 0.2) is 54.6 Å². The monoisotopic (exact) mass is 338 g/mol. The first-order valence-electron chi connectivity index (χ1n) is 5.71. The first kappa shape index (κ1) is 12.6. The molecule has 0 amide bonds. The number of hydrogen-bond acceptors (Lipinski definition) is 0. The number of rotatable bonds is 3. The van der Waals surface area contributed by atoms with Gasteiger partial charge in [-0.05, 0) is 28.7 Å². The third kappa shape index (κ3) is 3.07. The highest BCUT2D eigenvalue weighted by molar-refractivity contribution is 14.1. The summed E-state index contributed by atoms with van der Waals surface area (Å²) in [6.45, 7) is 1.01. The molecule has 2 aromatic rings. The zero-order valence-electron chi connectivity index (χ0n) is 10.2. The molecule has 0 spiro atoms. The van der Waals surface area contributed by atoms with E-state index in [4.69, 9.17) is 0 Å². The molecule has 0 saturated carbocycles. The molecule has 17 heavy (non-hydrogen) atoms. The zero-order valence-corrected chi connectivity index (χ0v) is 12.4. The highest BCUT2D eigenvalue weighted by Gasteiger charge is 2.21. The van der Waals surface area contributed by atoms with Crippen molar-refractivity contribution in [1.29, 1.82) is 0 Å². The lowest BCUT2D eigenvalue weighted by atomic mass is 10.2. The first-order chi connectivity index (χ1) is 8.09. The molecule has 0 saturated heterocycles. The molecule has 0 aliphatic heterocycles. The first-order valence-corrected chi connectivity index (χ1v) is 6.79. The maximum Gasteiger partial charge on any atom is 0.146 e. The molecule has 0 aromatic heterocycles. The van der Waals surface area contributed by atoms with Crippen LogP contribution in [0.2, 0.25) is 0 Å². The van der Waals surface area contributed by atoms with Gasteiger partial charge in [0.25, 0.3) is 0 Å². The average molecular weight is 338 g/mol. The van der Waals surface area contributed by atoms with Gasteiger partial charge in [0.05, 0.1) is 17.7 Å². The third-order valence-electron chi connectivity index (χ3n) is 2.93. The van der Waals surface area contributed by atoms with Gasteiger partial charge in [0.1, 0.15) is 12.2 Å². The van der Waals surface area contributed by atoms with Gasteiger partial charge < -0.3 is 0 Å². The highest BCUT2D eigenvalue weighted by atomic mass is 127. The minimum atomic E-state index is 0.878. The lowest BCUT2D eigenvalue weighted by Gasteiger charge is -2.30. The molecular weight excluding hydrogens is 321 g/mol. The molecule has 1 nitrogen and oxygen atoms in total. The molecule has 88 valence electrons. The minimum absolute atomic E-state index is 0.878. The second-order valence-electron chi connectivity index (χ2n) is 4.78. The number of benzene rings is 2. The molecule has 2 heteroatoms. The van der Waals surface area contributed by atoms with Crippen LogP contribution in [0.3, 0.4) is 0 Å². The summed E-state index contributed by atoms with van der Waals surface area (Å²) in [4.78, 5) is 0. The van der Waals surface area contributed by atoms with Crippen molar-refractivity contribution in [1.82, 2.24) is 4.48 Å². The summed E-state index contributed by atoms with van der Waals surface area (Å²) in [7, 11) is 4.51. The van der Waals surface area contributed by atoms with Gasteiger partial charge in [-0.1, -0.05) is 42.5 Å². The van der Waals surface area contributed by atoms with Crippen LogP contribution >= 0.6 is 22.6 Å². The van der Waals surface area contributed by atoms with Crippen LogP contribution in [0, 0.1) is 3.57 Å². The van der Waals surface area contributed by atoms with E-state index in [1.807, 2.05) is 0 Å². The lowest BCUT2D eigenvalue weighted by molar-refractivity contribution is 0.390. The van der Waals surface area contributed by atoms with Crippen molar-refractivity contribution in [3.05, 3.63) is 63.7 Å². The molecule has 0 bridgehead atoms. The number of quaternary nitrogens is 1. The Bertz CT molecular complexity index is 491. The van der Waals surface area contributed by atoms with Crippen LogP contribution in [0.4, 0.5) is 5.69 Å². The quantitative estimate of drug-likeness (QED) is 0.585. The molecule has 0 aliphatic rings. The standard InChI is InChI=1S/C15H17IN/c1-17(2,12-13-8-4-3-5-9-13)15-11-7-6-10-14(15)16/h3-11H,12H2,1-2H3/q+1. The van der Waals surface area contributed by atoms with E-state index in [1.54, 1.807) is 0 Å². The molecule has 0 unspecified atom stereocenters. The van der Waals surface area contributed by atoms with Crippen molar-refractivity contribution in [3.8, 4) is 0 Å². The van der Waals surface area contributed by atoms with Gasteiger partial charge >= 0.3 is 0 Å². The lowest BCUT2D eigenvalue weighted by Crippen LogP contribution is -2.40. The highest BCUT2D eigenvalue weighted by Crippen LogP contribution is 2.27. The fraction of sp³-hybridized carbons (Fsp3) is 0.200. The minimum Gasteiger partial charge on any atom is -0.291 e. The van der Waals surface area contributed by atoms with Crippen molar-refractivity contribution in [2.45, 2.75) is 6.54 Å². The SMILES string of the molecule is C[N+](C)(Cc1ccccc1)c1ccccc1I. The van der Waals surface area contributed by atoms with Gasteiger partial charge in [-0.15, -0.1) is 0 Å². The van der Waals surface area contributed by atoms with Crippen molar-refractivity contribution < 1.29 is 0 Å². The molecular formula is C15H17IN+. The normalized spacial score (nSPS) is 11.5. The largest absolute Gasteiger partial charge is 0.291 e. The Morgan fingerprint density at radius 2 is 1.47 bits per heavy atom. The van der Waals surface area contributed by atoms with E-state index in [1.165, 1.54) is 14.8 Å². The molecule has 2 rings (SSSR count). The number of nitrogens with zero attached hydrogens (tertiary/aromatic N) is 1. The second kappa shape index (κ2) is 5.19. The Labute approximate surface area is 117 Å². The summed E-state index contributed by atoms with van der Waals surface area (Å²) in [6, 6.07) is 19.2. The van der Waals surface area contributed by atoms with Gasteiger partial charge in [-0.3, -0.25) is 4.48 Å². The summed E-state index contributed by atoms with van der Waals surface area (Å²) < 4.78 is 2.20. The Morgan fingerprint density at radius 3 is 2.12 bits per heavy atom. The molecule has 0 radical (unpaired) electrons. The van der Waals surface area contributed by atoms with Gasteiger partial charge in [-0.25, -0.2) is 0 Å². The van der Waals surface area contributed by atoms with Crippen molar-refractivity contribution in [2.75, 3.05) is 14.1 Å². The number of halogens is 1. The Hall–Kier alpha value is -0.870. The predicted octanol–water partition coefficient (Wildman–Crippen LogP) is 4.06. The molecule has 0 atom stereocenters. The second-order valence-corrected chi connectivity index (χ2v) is 5.94. The van der Waals surface area contributed by atoms with Gasteiger partial charge in [0, 0.05) is 11.6 Å². The van der Waals surface area contributed by atoms with Crippen LogP contribution in [-0.4, -0.2) is 14.1 Å². The summed E-state index contributed by atoms with van der Waals surface area (Å²) in [6.07, 6.45) is 0. The maximum absolute atomic E-state index is 2.41. The van der Waals surface area contributed by atoms with E-state index in [9.17, 15) is 0 Å². The Kier molecular flexibility index (Phi) is 3.84. The molecule has 0 N–H and O–H groups in total. The van der Waals surface area contributed by atoms with E-state index >= 15 is 0 Å². The van der Waals surface area contributed by atoms with Crippen LogP contribution in [0.5, 0.6) is 0 Å². The predicted molar refractivity (Wildman–Crippen MR) is 82.9 cm³/mol. The fourth-order valence-electron chi connectivity index (χ4n) is 2.07. The number of hydrogen-bond donors (Lipinski definition) is 0. The van der Waals surface area contributed by atoms with Crippen LogP contribution < -0.4 is 4.48 Å². The van der Waals surface area contributed by atoms with E-state index in [2.05, 4.69) is 91.3 Å². The van der Waals surface area contributed by atoms with E-state index in [0.29, 0.717) is 0 Å². The molecule has 0 heterocycles. The van der Waals surface area contributed by atoms with Crippen LogP contribution in [-0.2, 0) is 6.54 Å². The van der Waals surface area contributed by atoms with Gasteiger partial charge in [0.2, 0.25) is 0 Å². The Morgan fingerprint density at radius 1 is 0.882 bits per heavy atom.